The van der Waals surface area contributed by atoms with Crippen molar-refractivity contribution in [2.45, 2.75) is 58.2 Å². The fourth-order valence-electron chi connectivity index (χ4n) is 3.88. The molecule has 0 bridgehead atoms. The molecule has 1 amide bonds. The minimum atomic E-state index is -0.250. The van der Waals surface area contributed by atoms with Crippen LogP contribution < -0.4 is 5.32 Å². The van der Waals surface area contributed by atoms with Crippen molar-refractivity contribution in [3.63, 3.8) is 0 Å². The fraction of sp³-hybridized carbons (Fsp3) is 0.650. The van der Waals surface area contributed by atoms with Gasteiger partial charge >= 0.3 is 0 Å². The summed E-state index contributed by atoms with van der Waals surface area (Å²) in [5, 5.41) is 2.97. The van der Waals surface area contributed by atoms with Gasteiger partial charge in [-0.25, -0.2) is 0 Å². The topological polar surface area (TPSA) is 41.6 Å². The van der Waals surface area contributed by atoms with Crippen LogP contribution in [0.4, 0.5) is 0 Å². The smallest absolute Gasteiger partial charge is 0.249 e. The molecule has 0 radical (unpaired) electrons. The van der Waals surface area contributed by atoms with Crippen molar-refractivity contribution in [3.05, 3.63) is 35.9 Å². The molecule has 2 saturated heterocycles. The van der Waals surface area contributed by atoms with Gasteiger partial charge in [0, 0.05) is 12.6 Å². The zero-order valence-electron chi connectivity index (χ0n) is 15.0. The maximum Gasteiger partial charge on any atom is 0.249 e. The Labute approximate surface area is 145 Å². The summed E-state index contributed by atoms with van der Waals surface area (Å²) < 4.78 is 5.96. The Morgan fingerprint density at radius 3 is 2.54 bits per heavy atom. The summed E-state index contributed by atoms with van der Waals surface area (Å²) in [5.74, 6) is 0.0568. The highest BCUT2D eigenvalue weighted by atomic mass is 16.5. The van der Waals surface area contributed by atoms with Crippen molar-refractivity contribution in [3.8, 4) is 0 Å². The zero-order valence-corrected chi connectivity index (χ0v) is 15.0. The molecular formula is C20H30N2O2. The van der Waals surface area contributed by atoms with Crippen LogP contribution in [-0.4, -0.2) is 42.6 Å². The summed E-state index contributed by atoms with van der Waals surface area (Å²) in [5.41, 5.74) is 1.68. The number of likely N-dealkylation sites (tertiary alicyclic amines) is 1. The monoisotopic (exact) mass is 330 g/mol. The van der Waals surface area contributed by atoms with E-state index < -0.39 is 0 Å². The third-order valence-electron chi connectivity index (χ3n) is 5.42. The molecule has 3 rings (SSSR count). The fourth-order valence-corrected chi connectivity index (χ4v) is 3.88. The van der Waals surface area contributed by atoms with Crippen LogP contribution >= 0.6 is 0 Å². The number of carbonyl (C=O) groups excluding carboxylic acids is 1. The Hall–Kier alpha value is -1.39. The van der Waals surface area contributed by atoms with Gasteiger partial charge in [-0.2, -0.15) is 0 Å². The molecule has 0 unspecified atom stereocenters. The van der Waals surface area contributed by atoms with Crippen molar-refractivity contribution in [2.24, 2.45) is 5.41 Å². The lowest BCUT2D eigenvalue weighted by atomic mass is 9.73. The number of hydrogen-bond acceptors (Lipinski definition) is 3. The summed E-state index contributed by atoms with van der Waals surface area (Å²) in [4.78, 5) is 14.6. The number of rotatable bonds is 4. The molecular weight excluding hydrogens is 300 g/mol. The first-order valence-electron chi connectivity index (χ1n) is 9.25. The molecule has 0 aromatic heterocycles. The second-order valence-electron chi connectivity index (χ2n) is 7.76. The number of hydrogen-bond donors (Lipinski definition) is 1. The molecule has 1 N–H and O–H groups in total. The zero-order chi connectivity index (χ0) is 17.0. The van der Waals surface area contributed by atoms with Gasteiger partial charge < -0.3 is 10.1 Å². The summed E-state index contributed by atoms with van der Waals surface area (Å²) >= 11 is 0. The molecule has 1 atom stereocenters. The van der Waals surface area contributed by atoms with Crippen molar-refractivity contribution in [2.75, 3.05) is 19.7 Å². The van der Waals surface area contributed by atoms with Crippen LogP contribution in [0.3, 0.4) is 0 Å². The molecule has 4 heteroatoms. The molecule has 4 nitrogen and oxygen atoms in total. The average Bonchev–Trinajstić information content (AvgIpc) is 2.58. The number of amides is 1. The van der Waals surface area contributed by atoms with E-state index in [0.29, 0.717) is 5.41 Å². The molecule has 2 heterocycles. The summed E-state index contributed by atoms with van der Waals surface area (Å²) in [6.07, 6.45) is 4.08. The van der Waals surface area contributed by atoms with Crippen LogP contribution in [-0.2, 0) is 16.1 Å². The maximum atomic E-state index is 12.1. The Balaban J connectivity index is 1.46. The molecule has 0 aliphatic carbocycles. The van der Waals surface area contributed by atoms with E-state index in [0.717, 1.165) is 39.1 Å². The highest BCUT2D eigenvalue weighted by molar-refractivity contribution is 5.81. The Morgan fingerprint density at radius 2 is 1.96 bits per heavy atom. The van der Waals surface area contributed by atoms with Gasteiger partial charge in [0.25, 0.3) is 0 Å². The van der Waals surface area contributed by atoms with Crippen LogP contribution in [0.5, 0.6) is 0 Å². The summed E-state index contributed by atoms with van der Waals surface area (Å²) in [6.45, 7) is 8.01. The minimum absolute atomic E-state index is 0.0568. The quantitative estimate of drug-likeness (QED) is 0.923. The number of nitrogens with zero attached hydrogens (tertiary/aromatic N) is 1. The second-order valence-corrected chi connectivity index (χ2v) is 7.76. The van der Waals surface area contributed by atoms with E-state index >= 15 is 0 Å². The van der Waals surface area contributed by atoms with E-state index in [-0.39, 0.29) is 18.1 Å². The Kier molecular flexibility index (Phi) is 5.57. The Bertz CT molecular complexity index is 526. The lowest BCUT2D eigenvalue weighted by Gasteiger charge is -2.45. The largest absolute Gasteiger partial charge is 0.368 e. The van der Waals surface area contributed by atoms with E-state index in [1.165, 1.54) is 18.4 Å². The molecule has 1 aromatic rings. The maximum absolute atomic E-state index is 12.1. The molecule has 132 valence electrons. The summed E-state index contributed by atoms with van der Waals surface area (Å²) in [6, 6.07) is 10.9. The van der Waals surface area contributed by atoms with Gasteiger partial charge in [-0.1, -0.05) is 30.3 Å². The summed E-state index contributed by atoms with van der Waals surface area (Å²) in [7, 11) is 0. The lowest BCUT2D eigenvalue weighted by molar-refractivity contribution is -0.145. The van der Waals surface area contributed by atoms with Crippen LogP contribution in [0.15, 0.2) is 30.3 Å². The van der Waals surface area contributed by atoms with E-state index in [4.69, 9.17) is 4.74 Å². The van der Waals surface area contributed by atoms with Crippen LogP contribution in [0.2, 0.25) is 0 Å². The lowest BCUT2D eigenvalue weighted by Crippen LogP contribution is -2.49. The molecule has 1 spiro atoms. The van der Waals surface area contributed by atoms with Gasteiger partial charge in [-0.15, -0.1) is 0 Å². The third kappa shape index (κ3) is 4.37. The van der Waals surface area contributed by atoms with Gasteiger partial charge in [0.05, 0.1) is 6.61 Å². The SMILES string of the molecule is CC(C)NC(=O)[C@@H]1CCC2(CCN(Cc3ccccc3)CC2)CO1. The first kappa shape index (κ1) is 17.4. The van der Waals surface area contributed by atoms with E-state index in [1.54, 1.807) is 0 Å². The predicted molar refractivity (Wildman–Crippen MR) is 95.6 cm³/mol. The number of carbonyl (C=O) groups is 1. The first-order valence-corrected chi connectivity index (χ1v) is 9.25. The molecule has 24 heavy (non-hydrogen) atoms. The van der Waals surface area contributed by atoms with Crippen LogP contribution in [0.25, 0.3) is 0 Å². The normalized spacial score (nSPS) is 24.2. The van der Waals surface area contributed by atoms with Crippen molar-refractivity contribution in [1.82, 2.24) is 10.2 Å². The molecule has 1 aromatic carbocycles. The first-order chi connectivity index (χ1) is 11.6. The molecule has 2 aliphatic heterocycles. The molecule has 0 saturated carbocycles. The third-order valence-corrected chi connectivity index (χ3v) is 5.42. The number of benzene rings is 1. The van der Waals surface area contributed by atoms with Crippen molar-refractivity contribution >= 4 is 5.91 Å². The standard InChI is InChI=1S/C20H30N2O2/c1-16(2)21-19(23)18-8-9-20(15-24-18)10-12-22(13-11-20)14-17-6-4-3-5-7-17/h3-7,16,18H,8-15H2,1-2H3,(H,21,23)/t18-/m0/s1. The van der Waals surface area contributed by atoms with E-state index in [1.807, 2.05) is 13.8 Å². The van der Waals surface area contributed by atoms with Gasteiger partial charge in [0.1, 0.15) is 6.10 Å². The van der Waals surface area contributed by atoms with Crippen LogP contribution in [0, 0.1) is 5.41 Å². The van der Waals surface area contributed by atoms with E-state index in [9.17, 15) is 4.79 Å². The number of ether oxygens (including phenoxy) is 1. The van der Waals surface area contributed by atoms with Gasteiger partial charge in [-0.3, -0.25) is 9.69 Å². The molecule has 2 aliphatic rings. The Morgan fingerprint density at radius 1 is 1.25 bits per heavy atom. The van der Waals surface area contributed by atoms with Gasteiger partial charge in [-0.05, 0) is 63.6 Å². The number of nitrogens with one attached hydrogen (secondary N) is 1. The van der Waals surface area contributed by atoms with Crippen molar-refractivity contribution < 1.29 is 9.53 Å². The minimum Gasteiger partial charge on any atom is -0.368 e. The molecule has 2 fully saturated rings. The van der Waals surface area contributed by atoms with Gasteiger partial charge in [0.15, 0.2) is 0 Å². The predicted octanol–water partition coefficient (Wildman–Crippen LogP) is 2.97. The number of piperidine rings is 1. The van der Waals surface area contributed by atoms with Gasteiger partial charge in [0.2, 0.25) is 5.91 Å². The average molecular weight is 330 g/mol. The van der Waals surface area contributed by atoms with Crippen LogP contribution in [0.1, 0.15) is 45.1 Å². The highest BCUT2D eigenvalue weighted by Gasteiger charge is 2.40. The van der Waals surface area contributed by atoms with Crippen molar-refractivity contribution in [1.29, 1.82) is 0 Å². The highest BCUT2D eigenvalue weighted by Crippen LogP contribution is 2.40. The van der Waals surface area contributed by atoms with E-state index in [2.05, 4.69) is 40.5 Å². The second kappa shape index (κ2) is 7.66.